The lowest BCUT2D eigenvalue weighted by molar-refractivity contribution is -0.137. The molecule has 9 nitrogen and oxygen atoms in total. The van der Waals surface area contributed by atoms with Gasteiger partial charge in [0.25, 0.3) is 5.91 Å². The summed E-state index contributed by atoms with van der Waals surface area (Å²) in [6, 6.07) is 8.61. The summed E-state index contributed by atoms with van der Waals surface area (Å²) in [6.07, 6.45) is 1.69. The Kier molecular flexibility index (Phi) is 7.33. The Labute approximate surface area is 229 Å². The summed E-state index contributed by atoms with van der Waals surface area (Å²) < 4.78 is 40.1. The van der Waals surface area contributed by atoms with Crippen LogP contribution < -0.4 is 11.1 Å². The van der Waals surface area contributed by atoms with Gasteiger partial charge in [0.1, 0.15) is 11.1 Å². The topological polar surface area (TPSA) is 110 Å². The van der Waals surface area contributed by atoms with Gasteiger partial charge in [-0.1, -0.05) is 18.2 Å². The Morgan fingerprint density at radius 2 is 1.82 bits per heavy atom. The normalized spacial score (nSPS) is 17.2. The fraction of sp³-hybridized carbons (Fsp3) is 0.393. The highest BCUT2D eigenvalue weighted by Gasteiger charge is 2.41. The van der Waals surface area contributed by atoms with E-state index >= 15 is 0 Å². The zero-order valence-corrected chi connectivity index (χ0v) is 21.6. The van der Waals surface area contributed by atoms with Gasteiger partial charge in [-0.15, -0.1) is 0 Å². The first-order chi connectivity index (χ1) is 19.1. The molecule has 0 unspecified atom stereocenters. The van der Waals surface area contributed by atoms with Gasteiger partial charge >= 0.3 is 6.18 Å². The Bertz CT molecular complexity index is 1430. The molecule has 1 aliphatic heterocycles. The first kappa shape index (κ1) is 27.3. The molecule has 0 radical (unpaired) electrons. The predicted octanol–water partition coefficient (Wildman–Crippen LogP) is 4.32. The summed E-state index contributed by atoms with van der Waals surface area (Å²) in [5.41, 5.74) is 6.48. The van der Waals surface area contributed by atoms with Crippen molar-refractivity contribution in [3.05, 3.63) is 76.9 Å². The Morgan fingerprint density at radius 3 is 2.38 bits per heavy atom. The molecular weight excluding hydrogens is 523 g/mol. The summed E-state index contributed by atoms with van der Waals surface area (Å²) in [6.45, 7) is 9.64. The lowest BCUT2D eigenvalue weighted by Gasteiger charge is -2.38. The van der Waals surface area contributed by atoms with Crippen LogP contribution in [0.3, 0.4) is 0 Å². The van der Waals surface area contributed by atoms with Crippen LogP contribution in [0.1, 0.15) is 47.2 Å². The Morgan fingerprint density at radius 1 is 1.12 bits per heavy atom. The number of amides is 2. The van der Waals surface area contributed by atoms with Gasteiger partial charge in [-0.05, 0) is 49.4 Å². The third-order valence-corrected chi connectivity index (χ3v) is 7.55. The van der Waals surface area contributed by atoms with E-state index in [0.717, 1.165) is 30.5 Å². The van der Waals surface area contributed by atoms with Gasteiger partial charge < -0.3 is 15.9 Å². The third-order valence-electron chi connectivity index (χ3n) is 7.55. The largest absolute Gasteiger partial charge is 0.416 e. The highest BCUT2D eigenvalue weighted by Crippen LogP contribution is 2.35. The van der Waals surface area contributed by atoms with Crippen molar-refractivity contribution in [3.63, 3.8) is 0 Å². The van der Waals surface area contributed by atoms with Crippen LogP contribution in [0.15, 0.2) is 48.8 Å². The van der Waals surface area contributed by atoms with Crippen molar-refractivity contribution in [2.45, 2.75) is 43.9 Å². The average Bonchev–Trinajstić information content (AvgIpc) is 3.70. The highest BCUT2D eigenvalue weighted by molar-refractivity contribution is 6.02. The molecule has 0 spiro atoms. The van der Waals surface area contributed by atoms with Crippen LogP contribution in [0.5, 0.6) is 0 Å². The highest BCUT2D eigenvalue weighted by atomic mass is 19.4. The fourth-order valence-electron chi connectivity index (χ4n) is 4.96. The maximum atomic E-state index is 12.8. The van der Waals surface area contributed by atoms with Crippen LogP contribution in [0.4, 0.5) is 19.0 Å². The van der Waals surface area contributed by atoms with Crippen molar-refractivity contribution in [2.75, 3.05) is 25.0 Å². The van der Waals surface area contributed by atoms with E-state index < -0.39 is 23.2 Å². The second-order valence-corrected chi connectivity index (χ2v) is 10.4. The molecule has 1 saturated carbocycles. The molecule has 3 aromatic rings. The minimum Gasteiger partial charge on any atom is -0.365 e. The number of primary amides is 1. The number of anilines is 1. The molecule has 3 N–H and O–H groups in total. The maximum Gasteiger partial charge on any atom is 0.416 e. The van der Waals surface area contributed by atoms with E-state index in [4.69, 9.17) is 12.3 Å². The van der Waals surface area contributed by atoms with Gasteiger partial charge in [-0.25, -0.2) is 6.57 Å². The van der Waals surface area contributed by atoms with E-state index in [1.165, 1.54) is 18.3 Å². The van der Waals surface area contributed by atoms with Crippen molar-refractivity contribution in [1.29, 1.82) is 0 Å². The monoisotopic (exact) mass is 551 g/mol. The molecule has 3 heterocycles. The molecule has 0 bridgehead atoms. The number of rotatable bonds is 8. The van der Waals surface area contributed by atoms with Gasteiger partial charge in [-0.3, -0.25) is 24.2 Å². The van der Waals surface area contributed by atoms with Crippen molar-refractivity contribution >= 4 is 17.6 Å². The van der Waals surface area contributed by atoms with E-state index in [1.54, 1.807) is 16.9 Å². The summed E-state index contributed by atoms with van der Waals surface area (Å²) in [5, 5.41) is 7.24. The van der Waals surface area contributed by atoms with Crippen molar-refractivity contribution < 1.29 is 22.8 Å². The first-order valence-corrected chi connectivity index (χ1v) is 13.0. The molecule has 1 aliphatic carbocycles. The van der Waals surface area contributed by atoms with Crippen LogP contribution in [-0.2, 0) is 23.1 Å². The molecule has 2 fully saturated rings. The van der Waals surface area contributed by atoms with Gasteiger partial charge in [0.15, 0.2) is 5.82 Å². The number of carbonyl (C=O) groups excluding carboxylic acids is 2. The zero-order valence-electron chi connectivity index (χ0n) is 21.6. The van der Waals surface area contributed by atoms with Crippen molar-refractivity contribution in [2.24, 2.45) is 11.7 Å². The molecule has 208 valence electrons. The molecule has 2 aromatic heterocycles. The molecular formula is C28H28F3N7O2. The standard InChI is InChI=1S/C28H28F3N7O2/c1-33-17-27(38-16-22(24(32)39)25(36-38)35-26(40)20-3-4-20)10-12-37(13-11-27)15-18-2-9-23(34-14-18)19-5-7-21(8-6-19)28(29,30)31/h2,5-9,14,16,20H,3-4,10-13,15,17H2,(H2,32,39)(H,35,36,40). The van der Waals surface area contributed by atoms with Gasteiger partial charge in [0.2, 0.25) is 12.5 Å². The average molecular weight is 552 g/mol. The molecule has 2 amide bonds. The molecule has 0 atom stereocenters. The zero-order chi connectivity index (χ0) is 28.5. The SMILES string of the molecule is [C-]#[N+]CC1(n2cc(C(N)=O)c(NC(=O)C3CC3)n2)CCN(Cc2ccc(-c3ccc(C(F)(F)F)cc3)nc2)CC1. The second kappa shape index (κ2) is 10.7. The molecule has 1 saturated heterocycles. The van der Waals surface area contributed by atoms with Crippen LogP contribution in [0.25, 0.3) is 16.1 Å². The number of piperidine rings is 1. The quantitative estimate of drug-likeness (QED) is 0.405. The van der Waals surface area contributed by atoms with Gasteiger partial charge in [0, 0.05) is 43.5 Å². The number of aromatic nitrogens is 3. The van der Waals surface area contributed by atoms with E-state index in [0.29, 0.717) is 43.7 Å². The first-order valence-electron chi connectivity index (χ1n) is 13.0. The predicted molar refractivity (Wildman–Crippen MR) is 141 cm³/mol. The summed E-state index contributed by atoms with van der Waals surface area (Å²) in [4.78, 5) is 34.7. The van der Waals surface area contributed by atoms with Crippen LogP contribution in [0, 0.1) is 12.5 Å². The fourth-order valence-corrected chi connectivity index (χ4v) is 4.96. The maximum absolute atomic E-state index is 12.8. The summed E-state index contributed by atoms with van der Waals surface area (Å²) in [5.74, 6) is -0.806. The van der Waals surface area contributed by atoms with Gasteiger partial charge in [0.05, 0.1) is 11.3 Å². The number of hydrogen-bond acceptors (Lipinski definition) is 5. The number of pyridine rings is 1. The smallest absolute Gasteiger partial charge is 0.365 e. The number of carbonyl (C=O) groups is 2. The van der Waals surface area contributed by atoms with Crippen LogP contribution in [-0.4, -0.2) is 51.1 Å². The Balaban J connectivity index is 1.25. The summed E-state index contributed by atoms with van der Waals surface area (Å²) >= 11 is 0. The minimum atomic E-state index is -4.38. The van der Waals surface area contributed by atoms with E-state index in [9.17, 15) is 22.8 Å². The number of hydrogen-bond donors (Lipinski definition) is 2. The number of halogens is 3. The van der Waals surface area contributed by atoms with Gasteiger partial charge in [-0.2, -0.15) is 18.3 Å². The molecule has 12 heteroatoms. The lowest BCUT2D eigenvalue weighted by atomic mass is 9.87. The van der Waals surface area contributed by atoms with Crippen molar-refractivity contribution in [1.82, 2.24) is 19.7 Å². The molecule has 2 aliphatic rings. The second-order valence-electron chi connectivity index (χ2n) is 10.4. The Hall–Kier alpha value is -4.24. The number of nitrogens with one attached hydrogen (secondary N) is 1. The van der Waals surface area contributed by atoms with Crippen LogP contribution in [0.2, 0.25) is 0 Å². The molecule has 5 rings (SSSR count). The van der Waals surface area contributed by atoms with Crippen LogP contribution >= 0.6 is 0 Å². The van der Waals surface area contributed by atoms with E-state index in [1.807, 2.05) is 6.07 Å². The number of nitrogens with zero attached hydrogens (tertiary/aromatic N) is 5. The number of nitrogens with two attached hydrogens (primary N) is 1. The number of benzene rings is 1. The number of likely N-dealkylation sites (tertiary alicyclic amines) is 1. The minimum absolute atomic E-state index is 0.0650. The molecule has 1 aromatic carbocycles. The number of alkyl halides is 3. The van der Waals surface area contributed by atoms with Crippen molar-refractivity contribution in [3.8, 4) is 11.3 Å². The summed E-state index contributed by atoms with van der Waals surface area (Å²) in [7, 11) is 0. The van der Waals surface area contributed by atoms with E-state index in [2.05, 4.69) is 25.1 Å². The lowest BCUT2D eigenvalue weighted by Crippen LogP contribution is -2.48. The molecule has 40 heavy (non-hydrogen) atoms. The van der Waals surface area contributed by atoms with E-state index in [-0.39, 0.29) is 29.8 Å². The third kappa shape index (κ3) is 5.84.